The van der Waals surface area contributed by atoms with Crippen LogP contribution in [0.1, 0.15) is 6.92 Å². The molecular weight excluding hydrogens is 216 g/mol. The van der Waals surface area contributed by atoms with Gasteiger partial charge in [-0.2, -0.15) is 0 Å². The Bertz CT molecular complexity index is 395. The summed E-state index contributed by atoms with van der Waals surface area (Å²) in [6, 6.07) is 2.69. The lowest BCUT2D eigenvalue weighted by atomic mass is 10.4. The molecule has 0 fully saturated rings. The van der Waals surface area contributed by atoms with E-state index in [1.54, 1.807) is 6.92 Å². The molecule has 1 amide bonds. The Balaban J connectivity index is 2.66. The van der Waals surface area contributed by atoms with Gasteiger partial charge >= 0.3 is 11.8 Å². The van der Waals surface area contributed by atoms with Gasteiger partial charge in [-0.05, 0) is 13.0 Å². The topological polar surface area (TPSA) is 106 Å². The predicted molar refractivity (Wildman–Crippen MR) is 54.7 cm³/mol. The highest BCUT2D eigenvalue weighted by Crippen LogP contribution is 2.18. The third-order valence-corrected chi connectivity index (χ3v) is 1.54. The number of amides is 1. The van der Waals surface area contributed by atoms with Crippen molar-refractivity contribution >= 4 is 17.6 Å². The van der Waals surface area contributed by atoms with E-state index in [1.165, 1.54) is 18.3 Å². The van der Waals surface area contributed by atoms with Gasteiger partial charge in [0.15, 0.2) is 0 Å². The lowest BCUT2D eigenvalue weighted by Gasteiger charge is -2.07. The fourth-order valence-corrected chi connectivity index (χ4v) is 0.918. The molecule has 16 heavy (non-hydrogen) atoms. The normalized spacial score (nSPS) is 9.31. The van der Waals surface area contributed by atoms with Gasteiger partial charge in [0.05, 0.1) is 11.5 Å². The van der Waals surface area contributed by atoms with Crippen LogP contribution in [0.25, 0.3) is 0 Å². The van der Waals surface area contributed by atoms with Crippen molar-refractivity contribution in [3.05, 3.63) is 28.4 Å². The van der Waals surface area contributed by atoms with E-state index in [4.69, 9.17) is 0 Å². The Kier molecular flexibility index (Phi) is 4.01. The highest BCUT2D eigenvalue weighted by Gasteiger charge is 2.14. The van der Waals surface area contributed by atoms with Crippen LogP contribution in [-0.2, 0) is 4.74 Å². The van der Waals surface area contributed by atoms with Crippen LogP contribution in [-0.4, -0.2) is 22.6 Å². The second kappa shape index (κ2) is 5.49. The van der Waals surface area contributed by atoms with Crippen molar-refractivity contribution in [2.24, 2.45) is 0 Å². The molecule has 0 aliphatic carbocycles. The summed E-state index contributed by atoms with van der Waals surface area (Å²) in [5.74, 6) is -0.0550. The number of ether oxygens (including phenoxy) is 1. The number of nitro groups is 1. The molecule has 1 rings (SSSR count). The van der Waals surface area contributed by atoms with Crippen LogP contribution < -0.4 is 10.9 Å². The first kappa shape index (κ1) is 11.7. The van der Waals surface area contributed by atoms with Crippen LogP contribution >= 0.6 is 0 Å². The molecule has 0 aliphatic rings. The maximum atomic E-state index is 10.9. The lowest BCUT2D eigenvalue weighted by molar-refractivity contribution is -0.384. The van der Waals surface area contributed by atoms with Gasteiger partial charge in [-0.15, -0.1) is 0 Å². The Morgan fingerprint density at radius 1 is 1.69 bits per heavy atom. The van der Waals surface area contributed by atoms with E-state index < -0.39 is 11.0 Å². The summed E-state index contributed by atoms with van der Waals surface area (Å²) in [7, 11) is 0. The first-order chi connectivity index (χ1) is 7.65. The van der Waals surface area contributed by atoms with Crippen LogP contribution in [0.5, 0.6) is 0 Å². The van der Waals surface area contributed by atoms with Gasteiger partial charge in [-0.1, -0.05) is 0 Å². The molecule has 0 atom stereocenters. The highest BCUT2D eigenvalue weighted by molar-refractivity contribution is 5.70. The summed E-state index contributed by atoms with van der Waals surface area (Å²) in [5, 5.41) is 10.6. The average molecular weight is 226 g/mol. The van der Waals surface area contributed by atoms with Crippen LogP contribution in [0.3, 0.4) is 0 Å². The zero-order valence-electron chi connectivity index (χ0n) is 8.47. The maximum absolute atomic E-state index is 10.9. The van der Waals surface area contributed by atoms with E-state index in [0.29, 0.717) is 0 Å². The van der Waals surface area contributed by atoms with Gasteiger partial charge in [0.2, 0.25) is 5.82 Å². The van der Waals surface area contributed by atoms with E-state index in [-0.39, 0.29) is 18.1 Å². The number of aromatic nitrogens is 1. The van der Waals surface area contributed by atoms with Crippen molar-refractivity contribution in [2.45, 2.75) is 6.92 Å². The summed E-state index contributed by atoms with van der Waals surface area (Å²) in [6.45, 7) is 1.85. The maximum Gasteiger partial charge on any atom is 0.425 e. The van der Waals surface area contributed by atoms with Gasteiger partial charge in [0, 0.05) is 12.3 Å². The fraction of sp³-hybridized carbons (Fsp3) is 0.250. The van der Waals surface area contributed by atoms with Crippen molar-refractivity contribution in [3.8, 4) is 0 Å². The predicted octanol–water partition coefficient (Wildman–Crippen LogP) is 1.06. The lowest BCUT2D eigenvalue weighted by Crippen LogP contribution is -2.30. The number of rotatable bonds is 4. The molecule has 8 nitrogen and oxygen atoms in total. The third kappa shape index (κ3) is 3.08. The van der Waals surface area contributed by atoms with Crippen molar-refractivity contribution < 1.29 is 14.5 Å². The number of hydrogen-bond donors (Lipinski definition) is 2. The smallest absolute Gasteiger partial charge is 0.425 e. The SMILES string of the molecule is CCOC(=O)NNc1ncccc1[N+](=O)[O-]. The number of hydrogen-bond acceptors (Lipinski definition) is 6. The summed E-state index contributed by atoms with van der Waals surface area (Å²) < 4.78 is 4.55. The summed E-state index contributed by atoms with van der Waals surface area (Å²) in [4.78, 5) is 24.6. The van der Waals surface area contributed by atoms with E-state index in [9.17, 15) is 14.9 Å². The van der Waals surface area contributed by atoms with Crippen molar-refractivity contribution in [1.29, 1.82) is 0 Å². The summed E-state index contributed by atoms with van der Waals surface area (Å²) in [6.07, 6.45) is 0.629. The average Bonchev–Trinajstić information content (AvgIpc) is 2.27. The molecule has 8 heteroatoms. The zero-order valence-corrected chi connectivity index (χ0v) is 8.47. The minimum absolute atomic E-state index is 0.0550. The van der Waals surface area contributed by atoms with Crippen LogP contribution in [0, 0.1) is 10.1 Å². The number of hydrazine groups is 1. The van der Waals surface area contributed by atoms with Crippen molar-refractivity contribution in [1.82, 2.24) is 10.4 Å². The summed E-state index contributed by atoms with van der Waals surface area (Å²) >= 11 is 0. The molecule has 1 aromatic heterocycles. The van der Waals surface area contributed by atoms with E-state index in [0.717, 1.165) is 0 Å². The number of anilines is 1. The van der Waals surface area contributed by atoms with Crippen LogP contribution in [0.2, 0.25) is 0 Å². The minimum Gasteiger partial charge on any atom is -0.449 e. The number of carbonyl (C=O) groups excluding carboxylic acids is 1. The van der Waals surface area contributed by atoms with Gasteiger partial charge in [-0.3, -0.25) is 15.5 Å². The molecular formula is C8H10N4O4. The number of nitrogens with zero attached hydrogens (tertiary/aromatic N) is 2. The molecule has 1 aromatic rings. The van der Waals surface area contributed by atoms with E-state index >= 15 is 0 Å². The van der Waals surface area contributed by atoms with Gasteiger partial charge in [0.25, 0.3) is 0 Å². The van der Waals surface area contributed by atoms with Crippen molar-refractivity contribution in [3.63, 3.8) is 0 Å². The Morgan fingerprint density at radius 3 is 3.06 bits per heavy atom. The second-order valence-corrected chi connectivity index (χ2v) is 2.60. The largest absolute Gasteiger partial charge is 0.449 e. The first-order valence-corrected chi connectivity index (χ1v) is 4.43. The Hall–Kier alpha value is -2.38. The molecule has 0 saturated heterocycles. The molecule has 0 spiro atoms. The minimum atomic E-state index is -0.734. The van der Waals surface area contributed by atoms with E-state index in [1.807, 2.05) is 0 Å². The van der Waals surface area contributed by atoms with Gasteiger partial charge in [-0.25, -0.2) is 15.2 Å². The molecule has 0 aromatic carbocycles. The molecule has 0 aliphatic heterocycles. The quantitative estimate of drug-likeness (QED) is 0.587. The molecule has 86 valence electrons. The summed E-state index contributed by atoms with van der Waals surface area (Å²) in [5.41, 5.74) is 4.18. The van der Waals surface area contributed by atoms with Crippen molar-refractivity contribution in [2.75, 3.05) is 12.0 Å². The number of pyridine rings is 1. The van der Waals surface area contributed by atoms with Gasteiger partial charge < -0.3 is 4.74 Å². The highest BCUT2D eigenvalue weighted by atomic mass is 16.6. The molecule has 2 N–H and O–H groups in total. The molecule has 0 saturated carbocycles. The number of nitrogens with one attached hydrogen (secondary N) is 2. The Morgan fingerprint density at radius 2 is 2.44 bits per heavy atom. The number of carbonyl (C=O) groups is 1. The van der Waals surface area contributed by atoms with E-state index in [2.05, 4.69) is 20.6 Å². The van der Waals surface area contributed by atoms with Crippen LogP contribution in [0.4, 0.5) is 16.3 Å². The first-order valence-electron chi connectivity index (χ1n) is 4.43. The second-order valence-electron chi connectivity index (χ2n) is 2.60. The molecule has 0 unspecified atom stereocenters. The molecule has 1 heterocycles. The third-order valence-electron chi connectivity index (χ3n) is 1.54. The zero-order chi connectivity index (χ0) is 12.0. The molecule has 0 radical (unpaired) electrons. The monoisotopic (exact) mass is 226 g/mol. The fourth-order valence-electron chi connectivity index (χ4n) is 0.918. The van der Waals surface area contributed by atoms with Crippen LogP contribution in [0.15, 0.2) is 18.3 Å². The molecule has 0 bridgehead atoms. The van der Waals surface area contributed by atoms with Gasteiger partial charge in [0.1, 0.15) is 0 Å². The standard InChI is InChI=1S/C8H10N4O4/c1-2-16-8(13)11-10-7-6(12(14)15)4-3-5-9-7/h3-5H,2H2,1H3,(H,9,10)(H,11,13). The Labute approximate surface area is 90.7 Å².